The molecule has 174 valence electrons. The average molecular weight is 489 g/mol. The first-order valence-corrected chi connectivity index (χ1v) is 10.2. The van der Waals surface area contributed by atoms with Gasteiger partial charge < -0.3 is 15.0 Å². The smallest absolute Gasteiger partial charge is 0.416 e. The molecule has 7 nitrogen and oxygen atoms in total. The Kier molecular flexibility index (Phi) is 6.25. The molecule has 3 aromatic rings. The summed E-state index contributed by atoms with van der Waals surface area (Å²) < 4.78 is 44.2. The molecule has 1 N–H and O–H groups in total. The van der Waals surface area contributed by atoms with Crippen molar-refractivity contribution in [2.45, 2.75) is 12.2 Å². The van der Waals surface area contributed by atoms with E-state index in [1.165, 1.54) is 17.2 Å². The molecule has 0 saturated heterocycles. The molecule has 0 saturated carbocycles. The Bertz CT molecular complexity index is 1270. The molecule has 1 aliphatic rings. The van der Waals surface area contributed by atoms with Gasteiger partial charge in [0.05, 0.1) is 21.8 Å². The predicted octanol–water partition coefficient (Wildman–Crippen LogP) is 5.13. The zero-order chi connectivity index (χ0) is 24.5. The summed E-state index contributed by atoms with van der Waals surface area (Å²) in [5.74, 6) is -0.778. The van der Waals surface area contributed by atoms with Gasteiger partial charge in [0, 0.05) is 11.9 Å². The van der Waals surface area contributed by atoms with Gasteiger partial charge in [-0.25, -0.2) is 9.98 Å². The molecule has 0 bridgehead atoms. The zero-order valence-corrected chi connectivity index (χ0v) is 18.1. The Morgan fingerprint density at radius 1 is 1.15 bits per heavy atom. The van der Waals surface area contributed by atoms with Gasteiger partial charge in [-0.1, -0.05) is 17.7 Å². The topological polar surface area (TPSA) is 83.9 Å². The van der Waals surface area contributed by atoms with Crippen molar-refractivity contribution in [3.63, 3.8) is 0 Å². The van der Waals surface area contributed by atoms with Crippen LogP contribution >= 0.6 is 11.6 Å². The summed E-state index contributed by atoms with van der Waals surface area (Å²) in [6, 6.07) is 11.0. The maximum atomic E-state index is 13.0. The molecular formula is C23H16ClF3N4O3. The number of para-hydroxylation sites is 1. The van der Waals surface area contributed by atoms with Gasteiger partial charge in [0.2, 0.25) is 0 Å². The van der Waals surface area contributed by atoms with Crippen molar-refractivity contribution < 1.29 is 27.5 Å². The molecule has 2 heterocycles. The number of aliphatic imine (C=N–C) groups is 1. The number of pyridine rings is 1. The maximum absolute atomic E-state index is 13.0. The third-order valence-corrected chi connectivity index (χ3v) is 5.37. The van der Waals surface area contributed by atoms with E-state index >= 15 is 0 Å². The van der Waals surface area contributed by atoms with Crippen molar-refractivity contribution in [2.24, 2.45) is 4.99 Å². The van der Waals surface area contributed by atoms with Crippen LogP contribution in [0.1, 0.15) is 15.9 Å². The number of amides is 2. The fourth-order valence-electron chi connectivity index (χ4n) is 3.49. The number of hydrogen-bond donors (Lipinski definition) is 1. The molecule has 0 radical (unpaired) electrons. The lowest BCUT2D eigenvalue weighted by Gasteiger charge is -2.36. The average Bonchev–Trinajstić information content (AvgIpc) is 2.82. The summed E-state index contributed by atoms with van der Waals surface area (Å²) in [6.45, 7) is 3.12. The fourth-order valence-corrected chi connectivity index (χ4v) is 3.71. The molecule has 4 rings (SSSR count). The van der Waals surface area contributed by atoms with E-state index in [0.717, 1.165) is 24.3 Å². The van der Waals surface area contributed by atoms with Crippen LogP contribution in [0.2, 0.25) is 5.02 Å². The van der Waals surface area contributed by atoms with Crippen molar-refractivity contribution in [1.82, 2.24) is 4.98 Å². The number of halogens is 4. The number of ether oxygens (including phenoxy) is 1. The van der Waals surface area contributed by atoms with Gasteiger partial charge in [0.1, 0.15) is 6.61 Å². The normalized spacial score (nSPS) is 15.2. The number of aromatic nitrogens is 1. The van der Waals surface area contributed by atoms with Gasteiger partial charge in [-0.05, 0) is 55.2 Å². The summed E-state index contributed by atoms with van der Waals surface area (Å²) in [5, 5.41) is 2.82. The standard InChI is InChI=1S/C23H16ClF3N4O3/c1-28-22(33)18-12-34-19-15(21(32)30-14-9-7-13(8-10-14)23(25,26)27)4-2-6-17(19)31(18)20-16(24)5-3-11-29-20/h2-11,18H,1,12H2,(H,30,32)/t18-/m1/s1. The van der Waals surface area contributed by atoms with E-state index in [0.29, 0.717) is 5.69 Å². The van der Waals surface area contributed by atoms with Crippen molar-refractivity contribution in [3.05, 3.63) is 76.9 Å². The van der Waals surface area contributed by atoms with Crippen molar-refractivity contribution in [3.8, 4) is 5.75 Å². The molecule has 1 aromatic heterocycles. The number of hydrogen-bond acceptors (Lipinski definition) is 5. The summed E-state index contributed by atoms with van der Waals surface area (Å²) >= 11 is 6.33. The highest BCUT2D eigenvalue weighted by Crippen LogP contribution is 2.43. The molecule has 34 heavy (non-hydrogen) atoms. The number of nitrogens with zero attached hydrogens (tertiary/aromatic N) is 3. The van der Waals surface area contributed by atoms with E-state index < -0.39 is 29.6 Å². The predicted molar refractivity (Wildman–Crippen MR) is 121 cm³/mol. The molecule has 0 fully saturated rings. The van der Waals surface area contributed by atoms with Gasteiger partial charge >= 0.3 is 6.18 Å². The number of alkyl halides is 3. The maximum Gasteiger partial charge on any atom is 0.416 e. The molecule has 1 aliphatic heterocycles. The largest absolute Gasteiger partial charge is 0.488 e. The Morgan fingerprint density at radius 2 is 1.88 bits per heavy atom. The summed E-state index contributed by atoms with van der Waals surface area (Å²) in [5.41, 5.74) is -0.221. The van der Waals surface area contributed by atoms with Crippen LogP contribution in [-0.2, 0) is 11.0 Å². The molecule has 1 atom stereocenters. The number of rotatable bonds is 4. The van der Waals surface area contributed by atoms with Crippen molar-refractivity contribution >= 4 is 47.3 Å². The van der Waals surface area contributed by atoms with Crippen LogP contribution in [0.15, 0.2) is 65.8 Å². The second kappa shape index (κ2) is 9.14. The van der Waals surface area contributed by atoms with E-state index in [1.807, 2.05) is 0 Å². The van der Waals surface area contributed by atoms with E-state index in [9.17, 15) is 22.8 Å². The Hall–Kier alpha value is -3.92. The highest BCUT2D eigenvalue weighted by molar-refractivity contribution is 6.33. The van der Waals surface area contributed by atoms with Gasteiger partial charge in [0.15, 0.2) is 17.6 Å². The molecule has 2 aromatic carbocycles. The highest BCUT2D eigenvalue weighted by atomic mass is 35.5. The minimum Gasteiger partial charge on any atom is -0.488 e. The minimum atomic E-state index is -4.49. The van der Waals surface area contributed by atoms with Gasteiger partial charge in [-0.2, -0.15) is 13.2 Å². The van der Waals surface area contributed by atoms with E-state index in [-0.39, 0.29) is 34.4 Å². The number of fused-ring (bicyclic) bond motifs is 1. The summed E-state index contributed by atoms with van der Waals surface area (Å²) in [6.07, 6.45) is -2.99. The Labute approximate surface area is 196 Å². The van der Waals surface area contributed by atoms with Crippen molar-refractivity contribution in [2.75, 3.05) is 16.8 Å². The van der Waals surface area contributed by atoms with Gasteiger partial charge in [0.25, 0.3) is 11.8 Å². The first-order chi connectivity index (χ1) is 16.2. The van der Waals surface area contributed by atoms with Crippen molar-refractivity contribution in [1.29, 1.82) is 0 Å². The van der Waals surface area contributed by atoms with Crippen LogP contribution in [0.4, 0.5) is 30.4 Å². The highest BCUT2D eigenvalue weighted by Gasteiger charge is 2.37. The second-order valence-corrected chi connectivity index (χ2v) is 7.59. The van der Waals surface area contributed by atoms with E-state index in [1.54, 1.807) is 24.3 Å². The van der Waals surface area contributed by atoms with E-state index in [4.69, 9.17) is 16.3 Å². The van der Waals surface area contributed by atoms with Crippen LogP contribution in [0, 0.1) is 0 Å². The lowest BCUT2D eigenvalue weighted by molar-refractivity contribution is -0.137. The fraction of sp³-hybridized carbons (Fsp3) is 0.130. The molecular weight excluding hydrogens is 473 g/mol. The van der Waals surface area contributed by atoms with E-state index in [2.05, 4.69) is 22.0 Å². The summed E-state index contributed by atoms with van der Waals surface area (Å²) in [4.78, 5) is 34.7. The number of anilines is 3. The van der Waals surface area contributed by atoms with Gasteiger partial charge in [-0.15, -0.1) is 0 Å². The lowest BCUT2D eigenvalue weighted by atomic mass is 10.1. The monoisotopic (exact) mass is 488 g/mol. The molecule has 0 unspecified atom stereocenters. The second-order valence-electron chi connectivity index (χ2n) is 7.19. The third-order valence-electron chi connectivity index (χ3n) is 5.07. The van der Waals surface area contributed by atoms with Crippen LogP contribution < -0.4 is 15.0 Å². The van der Waals surface area contributed by atoms with Crippen LogP contribution in [-0.4, -0.2) is 36.2 Å². The Morgan fingerprint density at radius 3 is 2.53 bits per heavy atom. The minimum absolute atomic E-state index is 0.104. The lowest BCUT2D eigenvalue weighted by Crippen LogP contribution is -2.45. The number of carbonyl (C=O) groups is 2. The third kappa shape index (κ3) is 4.44. The molecule has 11 heteroatoms. The number of nitrogens with one attached hydrogen (secondary N) is 1. The first-order valence-electron chi connectivity index (χ1n) is 9.85. The summed E-state index contributed by atoms with van der Waals surface area (Å²) in [7, 11) is 0. The number of carbonyl (C=O) groups excluding carboxylic acids is 2. The SMILES string of the molecule is C=NC(=O)[C@H]1COc2c(C(=O)Nc3ccc(C(F)(F)F)cc3)cccc2N1c1ncccc1Cl. The molecule has 0 aliphatic carbocycles. The molecule has 2 amide bonds. The quantitative estimate of drug-likeness (QED) is 0.515. The van der Waals surface area contributed by atoms with Crippen LogP contribution in [0.25, 0.3) is 0 Å². The van der Waals surface area contributed by atoms with Gasteiger partial charge in [-0.3, -0.25) is 9.59 Å². The molecule has 0 spiro atoms. The first kappa shape index (κ1) is 23.2. The zero-order valence-electron chi connectivity index (χ0n) is 17.3. The number of benzene rings is 2. The van der Waals surface area contributed by atoms with Crippen LogP contribution in [0.3, 0.4) is 0 Å². The Balaban J connectivity index is 1.71. The van der Waals surface area contributed by atoms with Crippen LogP contribution in [0.5, 0.6) is 5.75 Å².